The van der Waals surface area contributed by atoms with Crippen LogP contribution in [0.4, 0.5) is 0 Å². The predicted octanol–water partition coefficient (Wildman–Crippen LogP) is 2.42. The monoisotopic (exact) mass is 342 g/mol. The lowest BCUT2D eigenvalue weighted by Gasteiger charge is -2.15. The summed E-state index contributed by atoms with van der Waals surface area (Å²) in [4.78, 5) is 22.7. The Morgan fingerprint density at radius 2 is 2.30 bits per heavy atom. The number of hydrogen-bond acceptors (Lipinski definition) is 5. The fraction of sp³-hybridized carbons (Fsp3) is 0.429. The third-order valence-electron chi connectivity index (χ3n) is 3.37. The van der Waals surface area contributed by atoms with Crippen LogP contribution >= 0.6 is 15.9 Å². The Bertz CT molecular complexity index is 530. The van der Waals surface area contributed by atoms with E-state index in [2.05, 4.69) is 15.9 Å². The molecule has 0 aliphatic heterocycles. The van der Waals surface area contributed by atoms with E-state index in [1.54, 1.807) is 14.0 Å². The summed E-state index contributed by atoms with van der Waals surface area (Å²) in [5, 5.41) is 0. The lowest BCUT2D eigenvalue weighted by molar-refractivity contribution is -0.164. The molecule has 0 amide bonds. The first kappa shape index (κ1) is 14.8. The largest absolute Gasteiger partial charge is 0.497 e. The first-order valence-electron chi connectivity index (χ1n) is 6.21. The van der Waals surface area contributed by atoms with Crippen LogP contribution in [0.15, 0.2) is 22.7 Å². The second kappa shape index (κ2) is 5.83. The Kier molecular flexibility index (Phi) is 4.32. The molecule has 0 aromatic heterocycles. The Morgan fingerprint density at radius 1 is 1.55 bits per heavy atom. The van der Waals surface area contributed by atoms with E-state index in [9.17, 15) is 9.59 Å². The number of benzene rings is 1. The second-order valence-corrected chi connectivity index (χ2v) is 5.32. The van der Waals surface area contributed by atoms with Gasteiger partial charge in [0.2, 0.25) is 5.60 Å². The van der Waals surface area contributed by atoms with Crippen LogP contribution < -0.4 is 4.74 Å². The molecule has 20 heavy (non-hydrogen) atoms. The van der Waals surface area contributed by atoms with E-state index < -0.39 is 11.6 Å². The molecule has 5 nitrogen and oxygen atoms in total. The van der Waals surface area contributed by atoms with E-state index in [1.807, 2.05) is 18.2 Å². The molecule has 2 atom stereocenters. The number of rotatable bonds is 6. The summed E-state index contributed by atoms with van der Waals surface area (Å²) in [5.41, 5.74) is -0.341. The molecule has 6 heteroatoms. The molecule has 1 saturated carbocycles. The van der Waals surface area contributed by atoms with Crippen molar-refractivity contribution in [3.05, 3.63) is 28.2 Å². The van der Waals surface area contributed by atoms with Crippen molar-refractivity contribution >= 4 is 28.4 Å². The Hall–Kier alpha value is -1.56. The van der Waals surface area contributed by atoms with E-state index >= 15 is 0 Å². The minimum atomic E-state index is -1.20. The van der Waals surface area contributed by atoms with Gasteiger partial charge >= 0.3 is 5.97 Å². The number of methoxy groups -OCH3 is 1. The zero-order valence-electron chi connectivity index (χ0n) is 11.2. The van der Waals surface area contributed by atoms with Gasteiger partial charge in [0.15, 0.2) is 0 Å². The minimum Gasteiger partial charge on any atom is -0.497 e. The third-order valence-corrected chi connectivity index (χ3v) is 4.09. The quantitative estimate of drug-likeness (QED) is 0.586. The van der Waals surface area contributed by atoms with Gasteiger partial charge in [0.1, 0.15) is 5.75 Å². The predicted molar refractivity (Wildman–Crippen MR) is 74.6 cm³/mol. The molecule has 1 aromatic carbocycles. The molecule has 1 aliphatic carbocycles. The maximum absolute atomic E-state index is 12.0. The lowest BCUT2D eigenvalue weighted by Crippen LogP contribution is -2.30. The standard InChI is InChI=1S/C14H15BrO5/c1-3-19-13(17)14(20-8-16)7-11(14)10-6-9(18-2)4-5-12(10)15/h4-6,8,11H,3,7H2,1-2H3. The number of hydrogen-bond donors (Lipinski definition) is 0. The molecule has 0 radical (unpaired) electrons. The van der Waals surface area contributed by atoms with E-state index in [1.165, 1.54) is 0 Å². The molecule has 0 heterocycles. The Balaban J connectivity index is 2.30. The molecular formula is C14H15BrO5. The molecule has 0 saturated heterocycles. The highest BCUT2D eigenvalue weighted by Crippen LogP contribution is 2.56. The second-order valence-electron chi connectivity index (χ2n) is 4.47. The first-order valence-corrected chi connectivity index (χ1v) is 7.00. The third kappa shape index (κ3) is 2.52. The topological polar surface area (TPSA) is 61.8 Å². The molecule has 2 unspecified atom stereocenters. The molecule has 0 spiro atoms. The summed E-state index contributed by atoms with van der Waals surface area (Å²) < 4.78 is 16.0. The summed E-state index contributed by atoms with van der Waals surface area (Å²) >= 11 is 3.44. The first-order chi connectivity index (χ1) is 9.58. The maximum Gasteiger partial charge on any atom is 0.351 e. The summed E-state index contributed by atoms with van der Waals surface area (Å²) in [6.07, 6.45) is 0.413. The van der Waals surface area contributed by atoms with Crippen molar-refractivity contribution in [1.29, 1.82) is 0 Å². The molecule has 1 aromatic rings. The Labute approximate surface area is 125 Å². The van der Waals surface area contributed by atoms with Gasteiger partial charge in [-0.3, -0.25) is 4.79 Å². The van der Waals surface area contributed by atoms with Gasteiger partial charge in [-0.2, -0.15) is 0 Å². The maximum atomic E-state index is 12.0. The zero-order chi connectivity index (χ0) is 14.8. The Morgan fingerprint density at radius 3 is 2.90 bits per heavy atom. The van der Waals surface area contributed by atoms with Gasteiger partial charge in [0.05, 0.1) is 13.7 Å². The fourth-order valence-corrected chi connectivity index (χ4v) is 2.79. The normalized spacial score (nSPS) is 23.9. The van der Waals surface area contributed by atoms with Crippen LogP contribution in [0.2, 0.25) is 0 Å². The van der Waals surface area contributed by atoms with Gasteiger partial charge in [-0.1, -0.05) is 15.9 Å². The number of carbonyl (C=O) groups is 2. The molecule has 2 rings (SSSR count). The van der Waals surface area contributed by atoms with Crippen LogP contribution in [0.3, 0.4) is 0 Å². The van der Waals surface area contributed by atoms with Crippen molar-refractivity contribution < 1.29 is 23.8 Å². The van der Waals surface area contributed by atoms with Crippen molar-refractivity contribution in [1.82, 2.24) is 0 Å². The number of halogens is 1. The summed E-state index contributed by atoms with van der Waals surface area (Å²) in [5.74, 6) is -0.0537. The van der Waals surface area contributed by atoms with E-state index in [0.717, 1.165) is 10.0 Å². The molecule has 0 bridgehead atoms. The van der Waals surface area contributed by atoms with Crippen molar-refractivity contribution in [2.24, 2.45) is 0 Å². The summed E-state index contributed by atoms with van der Waals surface area (Å²) in [6, 6.07) is 5.47. The van der Waals surface area contributed by atoms with Gasteiger partial charge in [-0.25, -0.2) is 4.79 Å². The average Bonchev–Trinajstić information content (AvgIpc) is 3.16. The average molecular weight is 343 g/mol. The molecule has 1 aliphatic rings. The van der Waals surface area contributed by atoms with Crippen LogP contribution in [0.1, 0.15) is 24.8 Å². The van der Waals surface area contributed by atoms with Crippen LogP contribution in [-0.4, -0.2) is 31.8 Å². The van der Waals surface area contributed by atoms with E-state index in [-0.39, 0.29) is 12.5 Å². The zero-order valence-corrected chi connectivity index (χ0v) is 12.8. The van der Waals surface area contributed by atoms with E-state index in [4.69, 9.17) is 14.2 Å². The number of carbonyl (C=O) groups excluding carboxylic acids is 2. The molecule has 1 fully saturated rings. The van der Waals surface area contributed by atoms with Crippen molar-refractivity contribution in [2.45, 2.75) is 24.9 Å². The van der Waals surface area contributed by atoms with Crippen LogP contribution in [-0.2, 0) is 19.1 Å². The van der Waals surface area contributed by atoms with Crippen LogP contribution in [0.25, 0.3) is 0 Å². The van der Waals surface area contributed by atoms with Gasteiger partial charge in [0, 0.05) is 16.8 Å². The van der Waals surface area contributed by atoms with E-state index in [0.29, 0.717) is 18.6 Å². The lowest BCUT2D eigenvalue weighted by atomic mass is 10.1. The van der Waals surface area contributed by atoms with Crippen LogP contribution in [0, 0.1) is 0 Å². The molecule has 0 N–H and O–H groups in total. The van der Waals surface area contributed by atoms with Gasteiger partial charge in [-0.05, 0) is 30.7 Å². The van der Waals surface area contributed by atoms with Crippen molar-refractivity contribution in [2.75, 3.05) is 13.7 Å². The highest BCUT2D eigenvalue weighted by Gasteiger charge is 2.65. The highest BCUT2D eigenvalue weighted by atomic mass is 79.9. The highest BCUT2D eigenvalue weighted by molar-refractivity contribution is 9.10. The SMILES string of the molecule is CCOC(=O)C1(OC=O)CC1c1cc(OC)ccc1Br. The number of ether oxygens (including phenoxy) is 3. The smallest absolute Gasteiger partial charge is 0.351 e. The fourth-order valence-electron chi connectivity index (χ4n) is 2.26. The minimum absolute atomic E-state index is 0.226. The van der Waals surface area contributed by atoms with Gasteiger partial charge in [0.25, 0.3) is 6.47 Å². The van der Waals surface area contributed by atoms with Crippen molar-refractivity contribution in [3.8, 4) is 5.75 Å². The summed E-state index contributed by atoms with van der Waals surface area (Å²) in [6.45, 7) is 2.26. The molecule has 108 valence electrons. The number of esters is 1. The van der Waals surface area contributed by atoms with Crippen molar-refractivity contribution in [3.63, 3.8) is 0 Å². The summed E-state index contributed by atoms with van der Waals surface area (Å²) in [7, 11) is 1.57. The van der Waals surface area contributed by atoms with Crippen LogP contribution in [0.5, 0.6) is 5.75 Å². The van der Waals surface area contributed by atoms with Gasteiger partial charge in [-0.15, -0.1) is 0 Å². The van der Waals surface area contributed by atoms with Gasteiger partial charge < -0.3 is 14.2 Å². The molecular weight excluding hydrogens is 328 g/mol.